The summed E-state index contributed by atoms with van der Waals surface area (Å²) in [5, 5.41) is 39.7. The predicted molar refractivity (Wildman–Crippen MR) is 83.0 cm³/mol. The van der Waals surface area contributed by atoms with E-state index in [-0.39, 0.29) is 22.4 Å². The van der Waals surface area contributed by atoms with Crippen molar-refractivity contribution in [3.05, 3.63) is 65.2 Å². The molecule has 2 aromatic carbocycles. The average Bonchev–Trinajstić information content (AvgIpc) is 2.74. The zero-order valence-corrected chi connectivity index (χ0v) is 12.7. The van der Waals surface area contributed by atoms with Gasteiger partial charge < -0.3 is 20.4 Å². The zero-order valence-electron chi connectivity index (χ0n) is 12.7. The van der Waals surface area contributed by atoms with Crippen molar-refractivity contribution in [1.29, 1.82) is 0 Å². The van der Waals surface area contributed by atoms with Crippen LogP contribution in [0.5, 0.6) is 0 Å². The Bertz CT molecular complexity index is 825. The maximum atomic E-state index is 12.5. The third-order valence-corrected chi connectivity index (χ3v) is 4.14. The number of benzene rings is 2. The zero-order chi connectivity index (χ0) is 17.7. The topological polar surface area (TPSA) is 118 Å². The van der Waals surface area contributed by atoms with Gasteiger partial charge in [0.05, 0.1) is 5.56 Å². The van der Waals surface area contributed by atoms with Crippen molar-refractivity contribution in [3.8, 4) is 0 Å². The van der Waals surface area contributed by atoms with Crippen LogP contribution in [0.15, 0.2) is 48.5 Å². The van der Waals surface area contributed by atoms with Gasteiger partial charge in [0.15, 0.2) is 5.60 Å². The number of hydrogen-bond acceptors (Lipinski definition) is 5. The van der Waals surface area contributed by atoms with Crippen LogP contribution in [0.4, 0.5) is 5.69 Å². The van der Waals surface area contributed by atoms with Crippen molar-refractivity contribution in [2.75, 3.05) is 4.90 Å². The first-order chi connectivity index (χ1) is 11.2. The number of aliphatic hydroxyl groups is 3. The number of amides is 1. The van der Waals surface area contributed by atoms with Gasteiger partial charge in [-0.1, -0.05) is 30.3 Å². The molecule has 0 aliphatic carbocycles. The summed E-state index contributed by atoms with van der Waals surface area (Å²) < 4.78 is 0. The Morgan fingerprint density at radius 1 is 1.08 bits per heavy atom. The monoisotopic (exact) mass is 329 g/mol. The molecule has 7 nitrogen and oxygen atoms in total. The SMILES string of the molecule is CC(O)(C(=O)O)c1ccc(N2C(=O)c3ccccc3C2(O)O)cc1. The highest BCUT2D eigenvalue weighted by atomic mass is 16.5. The second-order valence-corrected chi connectivity index (χ2v) is 5.75. The van der Waals surface area contributed by atoms with E-state index in [1.165, 1.54) is 36.4 Å². The molecule has 0 aromatic heterocycles. The summed E-state index contributed by atoms with van der Waals surface area (Å²) in [7, 11) is 0. The molecule has 0 saturated heterocycles. The standard InChI is InChI=1S/C17H15NO6/c1-16(22,15(20)21)10-6-8-11(9-7-10)18-14(19)12-4-2-3-5-13(12)17(18,23)24/h2-9,22-24H,1H3,(H,20,21). The van der Waals surface area contributed by atoms with Gasteiger partial charge in [-0.3, -0.25) is 9.69 Å². The Kier molecular flexibility index (Phi) is 3.45. The molecule has 1 atom stereocenters. The molecular formula is C17H15NO6. The van der Waals surface area contributed by atoms with Gasteiger partial charge in [0.2, 0.25) is 0 Å². The Balaban J connectivity index is 2.02. The second kappa shape index (κ2) is 5.13. The lowest BCUT2D eigenvalue weighted by atomic mass is 9.96. The van der Waals surface area contributed by atoms with E-state index < -0.39 is 23.4 Å². The summed E-state index contributed by atoms with van der Waals surface area (Å²) in [5.41, 5.74) is -1.59. The number of fused-ring (bicyclic) bond motifs is 1. The molecule has 0 bridgehead atoms. The number of rotatable bonds is 3. The highest BCUT2D eigenvalue weighted by molar-refractivity contribution is 6.11. The Labute approximate surface area is 137 Å². The molecule has 0 fully saturated rings. The molecule has 0 spiro atoms. The highest BCUT2D eigenvalue weighted by Gasteiger charge is 2.48. The summed E-state index contributed by atoms with van der Waals surface area (Å²) in [6.07, 6.45) is 0. The first kappa shape index (κ1) is 16.1. The van der Waals surface area contributed by atoms with E-state index in [4.69, 9.17) is 5.11 Å². The number of carboxylic acids is 1. The number of anilines is 1. The molecule has 0 radical (unpaired) electrons. The number of carbonyl (C=O) groups excluding carboxylic acids is 1. The van der Waals surface area contributed by atoms with E-state index in [1.54, 1.807) is 12.1 Å². The normalized spacial score (nSPS) is 18.2. The molecule has 2 aromatic rings. The van der Waals surface area contributed by atoms with Crippen molar-refractivity contribution < 1.29 is 30.0 Å². The van der Waals surface area contributed by atoms with Gasteiger partial charge in [0.1, 0.15) is 0 Å². The largest absolute Gasteiger partial charge is 0.479 e. The van der Waals surface area contributed by atoms with Crippen LogP contribution in [0, 0.1) is 0 Å². The summed E-state index contributed by atoms with van der Waals surface area (Å²) in [6, 6.07) is 11.5. The number of aliphatic carboxylic acids is 1. The van der Waals surface area contributed by atoms with Crippen molar-refractivity contribution in [1.82, 2.24) is 0 Å². The lowest BCUT2D eigenvalue weighted by molar-refractivity contribution is -0.159. The molecule has 1 heterocycles. The first-order valence-corrected chi connectivity index (χ1v) is 7.12. The molecule has 1 unspecified atom stereocenters. The van der Waals surface area contributed by atoms with Gasteiger partial charge in [-0.2, -0.15) is 0 Å². The third-order valence-electron chi connectivity index (χ3n) is 4.14. The van der Waals surface area contributed by atoms with E-state index in [2.05, 4.69) is 0 Å². The van der Waals surface area contributed by atoms with E-state index in [0.717, 1.165) is 11.8 Å². The Hall–Kier alpha value is -2.74. The Morgan fingerprint density at radius 2 is 1.67 bits per heavy atom. The molecule has 0 saturated carbocycles. The molecule has 7 heteroatoms. The van der Waals surface area contributed by atoms with E-state index in [1.807, 2.05) is 0 Å². The molecule has 4 N–H and O–H groups in total. The summed E-state index contributed by atoms with van der Waals surface area (Å²) in [6.45, 7) is 1.13. The van der Waals surface area contributed by atoms with E-state index >= 15 is 0 Å². The number of carbonyl (C=O) groups is 2. The fraction of sp³-hybridized carbons (Fsp3) is 0.176. The van der Waals surface area contributed by atoms with Crippen LogP contribution in [-0.2, 0) is 16.3 Å². The van der Waals surface area contributed by atoms with Crippen LogP contribution in [0.2, 0.25) is 0 Å². The molecule has 3 rings (SSSR count). The lowest BCUT2D eigenvalue weighted by Crippen LogP contribution is -2.44. The van der Waals surface area contributed by atoms with Crippen LogP contribution in [-0.4, -0.2) is 32.3 Å². The fourth-order valence-electron chi connectivity index (χ4n) is 2.70. The smallest absolute Gasteiger partial charge is 0.340 e. The molecule has 1 aliphatic rings. The predicted octanol–water partition coefficient (Wildman–Crippen LogP) is 0.734. The maximum absolute atomic E-state index is 12.5. The third kappa shape index (κ3) is 2.18. The van der Waals surface area contributed by atoms with Gasteiger partial charge in [0, 0.05) is 11.3 Å². The summed E-state index contributed by atoms with van der Waals surface area (Å²) in [5.74, 6) is -4.52. The number of carboxylic acid groups (broad SMARTS) is 1. The first-order valence-electron chi connectivity index (χ1n) is 7.12. The molecular weight excluding hydrogens is 314 g/mol. The van der Waals surface area contributed by atoms with Crippen molar-refractivity contribution in [2.45, 2.75) is 18.4 Å². The molecule has 24 heavy (non-hydrogen) atoms. The molecule has 124 valence electrons. The molecule has 1 amide bonds. The minimum Gasteiger partial charge on any atom is -0.479 e. The summed E-state index contributed by atoms with van der Waals surface area (Å²) in [4.78, 5) is 24.3. The van der Waals surface area contributed by atoms with E-state index in [9.17, 15) is 24.9 Å². The van der Waals surface area contributed by atoms with Crippen LogP contribution < -0.4 is 4.90 Å². The van der Waals surface area contributed by atoms with E-state index in [0.29, 0.717) is 0 Å². The van der Waals surface area contributed by atoms with Gasteiger partial charge in [0.25, 0.3) is 11.8 Å². The Morgan fingerprint density at radius 3 is 2.21 bits per heavy atom. The number of nitrogens with zero attached hydrogens (tertiary/aromatic N) is 1. The number of hydrogen-bond donors (Lipinski definition) is 4. The highest BCUT2D eigenvalue weighted by Crippen LogP contribution is 2.39. The summed E-state index contributed by atoms with van der Waals surface area (Å²) >= 11 is 0. The van der Waals surface area contributed by atoms with Gasteiger partial charge in [-0.15, -0.1) is 0 Å². The van der Waals surface area contributed by atoms with Crippen molar-refractivity contribution in [2.24, 2.45) is 0 Å². The van der Waals surface area contributed by atoms with Crippen molar-refractivity contribution >= 4 is 17.6 Å². The van der Waals surface area contributed by atoms with Crippen LogP contribution >= 0.6 is 0 Å². The fourth-order valence-corrected chi connectivity index (χ4v) is 2.70. The second-order valence-electron chi connectivity index (χ2n) is 5.75. The van der Waals surface area contributed by atoms with Crippen LogP contribution in [0.3, 0.4) is 0 Å². The average molecular weight is 329 g/mol. The van der Waals surface area contributed by atoms with Crippen molar-refractivity contribution in [3.63, 3.8) is 0 Å². The van der Waals surface area contributed by atoms with Crippen LogP contribution in [0.1, 0.15) is 28.4 Å². The maximum Gasteiger partial charge on any atom is 0.340 e. The van der Waals surface area contributed by atoms with Gasteiger partial charge >= 0.3 is 5.97 Å². The quantitative estimate of drug-likeness (QED) is 0.617. The molecule has 1 aliphatic heterocycles. The minimum atomic E-state index is -2.51. The van der Waals surface area contributed by atoms with Gasteiger partial charge in [-0.25, -0.2) is 4.79 Å². The van der Waals surface area contributed by atoms with Crippen LogP contribution in [0.25, 0.3) is 0 Å². The lowest BCUT2D eigenvalue weighted by Gasteiger charge is -2.29. The van der Waals surface area contributed by atoms with Gasteiger partial charge in [-0.05, 0) is 30.7 Å². The minimum absolute atomic E-state index is 0.0663.